The zero-order valence-corrected chi connectivity index (χ0v) is 14.3. The van der Waals surface area contributed by atoms with Crippen LogP contribution >= 0.6 is 0 Å². The zero-order chi connectivity index (χ0) is 18.2. The van der Waals surface area contributed by atoms with Crippen molar-refractivity contribution in [3.05, 3.63) is 89.9 Å². The van der Waals surface area contributed by atoms with Crippen molar-refractivity contribution in [1.29, 1.82) is 0 Å². The molecule has 1 heterocycles. The van der Waals surface area contributed by atoms with Crippen molar-refractivity contribution in [2.75, 3.05) is 17.2 Å². The molecule has 0 saturated heterocycles. The summed E-state index contributed by atoms with van der Waals surface area (Å²) >= 11 is 0. The molecule has 0 saturated carbocycles. The third kappa shape index (κ3) is 5.14. The van der Waals surface area contributed by atoms with Crippen LogP contribution in [0.4, 0.5) is 15.9 Å². The van der Waals surface area contributed by atoms with E-state index in [9.17, 15) is 9.18 Å². The van der Waals surface area contributed by atoms with Crippen LogP contribution in [0.25, 0.3) is 0 Å². The Morgan fingerprint density at radius 3 is 2.54 bits per heavy atom. The Bertz CT molecular complexity index is 851. The first-order valence-electron chi connectivity index (χ1n) is 8.51. The molecule has 2 N–H and O–H groups in total. The van der Waals surface area contributed by atoms with Crippen LogP contribution < -0.4 is 10.6 Å². The Morgan fingerprint density at radius 1 is 1.00 bits per heavy atom. The Hall–Kier alpha value is -3.21. The molecule has 132 valence electrons. The third-order valence-electron chi connectivity index (χ3n) is 3.92. The second kappa shape index (κ2) is 8.76. The summed E-state index contributed by atoms with van der Waals surface area (Å²) in [6.07, 6.45) is 3.55. The summed E-state index contributed by atoms with van der Waals surface area (Å²) in [5.41, 5.74) is 2.34. The lowest BCUT2D eigenvalue weighted by atomic mass is 10.1. The fourth-order valence-electron chi connectivity index (χ4n) is 2.56. The van der Waals surface area contributed by atoms with E-state index in [4.69, 9.17) is 0 Å². The van der Waals surface area contributed by atoms with E-state index in [1.165, 1.54) is 29.8 Å². The standard InChI is InChI=1S/C21H20FN3O/c22-18-8-10-19(11-9-18)25-21(26)17-12-14-24-20(15-17)23-13-4-7-16-5-2-1-3-6-16/h1-3,5-6,8-12,14-15H,4,7,13H2,(H,23,24)(H,25,26). The third-order valence-corrected chi connectivity index (χ3v) is 3.92. The number of carbonyl (C=O) groups is 1. The number of hydrogen-bond donors (Lipinski definition) is 2. The maximum absolute atomic E-state index is 12.9. The van der Waals surface area contributed by atoms with E-state index in [2.05, 4.69) is 27.8 Å². The summed E-state index contributed by atoms with van der Waals surface area (Å²) in [6, 6.07) is 19.3. The zero-order valence-electron chi connectivity index (χ0n) is 14.3. The molecule has 0 bridgehead atoms. The highest BCUT2D eigenvalue weighted by molar-refractivity contribution is 6.04. The monoisotopic (exact) mass is 349 g/mol. The van der Waals surface area contributed by atoms with Crippen LogP contribution in [0.1, 0.15) is 22.3 Å². The molecule has 0 fully saturated rings. The van der Waals surface area contributed by atoms with Crippen LogP contribution in [0.5, 0.6) is 0 Å². The SMILES string of the molecule is O=C(Nc1ccc(F)cc1)c1ccnc(NCCCc2ccccc2)c1. The summed E-state index contributed by atoms with van der Waals surface area (Å²) in [4.78, 5) is 16.6. The molecule has 0 atom stereocenters. The van der Waals surface area contributed by atoms with Gasteiger partial charge in [-0.3, -0.25) is 4.79 Å². The number of pyridine rings is 1. The fourth-order valence-corrected chi connectivity index (χ4v) is 2.56. The maximum atomic E-state index is 12.9. The molecule has 0 radical (unpaired) electrons. The largest absolute Gasteiger partial charge is 0.370 e. The van der Waals surface area contributed by atoms with Crippen molar-refractivity contribution in [3.63, 3.8) is 0 Å². The first kappa shape index (κ1) is 17.6. The van der Waals surface area contributed by atoms with Gasteiger partial charge in [-0.05, 0) is 54.8 Å². The molecule has 0 aliphatic heterocycles. The van der Waals surface area contributed by atoms with Gasteiger partial charge in [0.15, 0.2) is 0 Å². The van der Waals surface area contributed by atoms with Crippen molar-refractivity contribution < 1.29 is 9.18 Å². The Balaban J connectivity index is 1.52. The van der Waals surface area contributed by atoms with Gasteiger partial charge in [0, 0.05) is 24.0 Å². The molecule has 1 aromatic heterocycles. The molecule has 0 unspecified atom stereocenters. The van der Waals surface area contributed by atoms with E-state index >= 15 is 0 Å². The Morgan fingerprint density at radius 2 is 1.77 bits per heavy atom. The summed E-state index contributed by atoms with van der Waals surface area (Å²) in [6.45, 7) is 0.769. The number of carbonyl (C=O) groups excluding carboxylic acids is 1. The van der Waals surface area contributed by atoms with Crippen LogP contribution in [0, 0.1) is 5.82 Å². The van der Waals surface area contributed by atoms with Gasteiger partial charge < -0.3 is 10.6 Å². The number of aryl methyl sites for hydroxylation is 1. The summed E-state index contributed by atoms with van der Waals surface area (Å²) in [7, 11) is 0. The minimum atomic E-state index is -0.339. The quantitative estimate of drug-likeness (QED) is 0.617. The normalized spacial score (nSPS) is 10.3. The van der Waals surface area contributed by atoms with Crippen molar-refractivity contribution in [1.82, 2.24) is 4.98 Å². The van der Waals surface area contributed by atoms with Gasteiger partial charge in [-0.25, -0.2) is 9.37 Å². The topological polar surface area (TPSA) is 54.0 Å². The molecule has 4 nitrogen and oxygen atoms in total. The molecule has 26 heavy (non-hydrogen) atoms. The number of nitrogens with one attached hydrogen (secondary N) is 2. The summed E-state index contributed by atoms with van der Waals surface area (Å²) in [5.74, 6) is 0.0602. The maximum Gasteiger partial charge on any atom is 0.255 e. The second-order valence-electron chi connectivity index (χ2n) is 5.91. The number of hydrogen-bond acceptors (Lipinski definition) is 3. The number of nitrogens with zero attached hydrogens (tertiary/aromatic N) is 1. The summed E-state index contributed by atoms with van der Waals surface area (Å²) < 4.78 is 12.9. The predicted octanol–water partition coefficient (Wildman–Crippen LogP) is 4.52. The van der Waals surface area contributed by atoms with Crippen LogP contribution in [-0.2, 0) is 6.42 Å². The molecule has 3 rings (SSSR count). The molecule has 1 amide bonds. The van der Waals surface area contributed by atoms with Crippen molar-refractivity contribution in [3.8, 4) is 0 Å². The van der Waals surface area contributed by atoms with Crippen LogP contribution in [0.2, 0.25) is 0 Å². The molecule has 0 aliphatic rings. The highest BCUT2D eigenvalue weighted by atomic mass is 19.1. The van der Waals surface area contributed by atoms with E-state index in [-0.39, 0.29) is 11.7 Å². The van der Waals surface area contributed by atoms with Crippen LogP contribution in [0.3, 0.4) is 0 Å². The molecule has 0 aliphatic carbocycles. The van der Waals surface area contributed by atoms with Crippen molar-refractivity contribution >= 4 is 17.4 Å². The highest BCUT2D eigenvalue weighted by Gasteiger charge is 2.07. The molecule has 2 aromatic carbocycles. The van der Waals surface area contributed by atoms with Gasteiger partial charge in [-0.1, -0.05) is 30.3 Å². The lowest BCUT2D eigenvalue weighted by Gasteiger charge is -2.08. The van der Waals surface area contributed by atoms with E-state index < -0.39 is 0 Å². The summed E-state index contributed by atoms with van der Waals surface area (Å²) in [5, 5.41) is 5.98. The first-order chi connectivity index (χ1) is 12.7. The molecule has 3 aromatic rings. The smallest absolute Gasteiger partial charge is 0.255 e. The average molecular weight is 349 g/mol. The van der Waals surface area contributed by atoms with Gasteiger partial charge in [0.2, 0.25) is 0 Å². The lowest BCUT2D eigenvalue weighted by Crippen LogP contribution is -2.13. The number of anilines is 2. The van der Waals surface area contributed by atoms with Gasteiger partial charge >= 0.3 is 0 Å². The Labute approximate surface area is 152 Å². The van der Waals surface area contributed by atoms with Crippen molar-refractivity contribution in [2.45, 2.75) is 12.8 Å². The number of benzene rings is 2. The minimum absolute atomic E-state index is 0.258. The van der Waals surface area contributed by atoms with Gasteiger partial charge in [-0.15, -0.1) is 0 Å². The van der Waals surface area contributed by atoms with Gasteiger partial charge in [0.25, 0.3) is 5.91 Å². The highest BCUT2D eigenvalue weighted by Crippen LogP contribution is 2.13. The lowest BCUT2D eigenvalue weighted by molar-refractivity contribution is 0.102. The van der Waals surface area contributed by atoms with Gasteiger partial charge in [0.1, 0.15) is 11.6 Å². The van der Waals surface area contributed by atoms with Crippen LogP contribution in [-0.4, -0.2) is 17.4 Å². The van der Waals surface area contributed by atoms with Gasteiger partial charge in [-0.2, -0.15) is 0 Å². The van der Waals surface area contributed by atoms with Crippen molar-refractivity contribution in [2.24, 2.45) is 0 Å². The fraction of sp³-hybridized carbons (Fsp3) is 0.143. The molecule has 0 spiro atoms. The number of halogens is 1. The number of aromatic nitrogens is 1. The predicted molar refractivity (Wildman–Crippen MR) is 102 cm³/mol. The molecular weight excluding hydrogens is 329 g/mol. The van der Waals surface area contributed by atoms with E-state index in [1.54, 1.807) is 18.3 Å². The second-order valence-corrected chi connectivity index (χ2v) is 5.91. The first-order valence-corrected chi connectivity index (χ1v) is 8.51. The molecular formula is C21H20FN3O. The van der Waals surface area contributed by atoms with Gasteiger partial charge in [0.05, 0.1) is 0 Å². The minimum Gasteiger partial charge on any atom is -0.370 e. The number of rotatable bonds is 7. The van der Waals surface area contributed by atoms with E-state index in [0.717, 1.165) is 19.4 Å². The van der Waals surface area contributed by atoms with E-state index in [0.29, 0.717) is 17.1 Å². The average Bonchev–Trinajstić information content (AvgIpc) is 2.68. The van der Waals surface area contributed by atoms with Crippen LogP contribution in [0.15, 0.2) is 72.9 Å². The Kier molecular flexibility index (Phi) is 5.93. The van der Waals surface area contributed by atoms with E-state index in [1.807, 2.05) is 18.2 Å². The molecule has 5 heteroatoms. The number of amides is 1.